The van der Waals surface area contributed by atoms with Crippen LogP contribution in [0.5, 0.6) is 0 Å². The molecule has 0 aliphatic heterocycles. The van der Waals surface area contributed by atoms with E-state index in [0.29, 0.717) is 4.90 Å². The number of rotatable bonds is 6. The summed E-state index contributed by atoms with van der Waals surface area (Å²) >= 11 is 0. The molecular formula is C14H24N2O2S. The predicted octanol–water partition coefficient (Wildman–Crippen LogP) is 2.21. The van der Waals surface area contributed by atoms with Crippen LogP contribution in [0.25, 0.3) is 0 Å². The van der Waals surface area contributed by atoms with Gasteiger partial charge < -0.3 is 5.73 Å². The maximum Gasteiger partial charge on any atom is 0.240 e. The van der Waals surface area contributed by atoms with E-state index in [4.69, 9.17) is 5.73 Å². The molecule has 19 heavy (non-hydrogen) atoms. The Morgan fingerprint density at radius 3 is 2.05 bits per heavy atom. The number of nitrogens with two attached hydrogens (primary N) is 1. The first-order valence-corrected chi connectivity index (χ1v) is 8.14. The van der Waals surface area contributed by atoms with Crippen molar-refractivity contribution in [2.24, 2.45) is 5.73 Å². The molecule has 0 heterocycles. The molecule has 0 aliphatic rings. The minimum atomic E-state index is -3.41. The SMILES string of the molecule is CCC(c1ccc(S(=O)(=O)NC(C)C)cc1)C(C)N. The van der Waals surface area contributed by atoms with Gasteiger partial charge in [0.1, 0.15) is 0 Å². The normalized spacial score (nSPS) is 15.5. The van der Waals surface area contributed by atoms with Gasteiger partial charge in [0.15, 0.2) is 0 Å². The van der Waals surface area contributed by atoms with Crippen molar-refractivity contribution in [1.82, 2.24) is 4.72 Å². The molecule has 1 aromatic carbocycles. The molecule has 0 radical (unpaired) electrons. The molecule has 0 spiro atoms. The van der Waals surface area contributed by atoms with Crippen molar-refractivity contribution in [3.8, 4) is 0 Å². The molecule has 0 saturated heterocycles. The molecule has 0 saturated carbocycles. The van der Waals surface area contributed by atoms with E-state index in [-0.39, 0.29) is 18.0 Å². The Bertz CT molecular complexity index is 493. The van der Waals surface area contributed by atoms with E-state index in [1.807, 2.05) is 19.1 Å². The molecule has 0 bridgehead atoms. The van der Waals surface area contributed by atoms with Crippen LogP contribution in [0.2, 0.25) is 0 Å². The summed E-state index contributed by atoms with van der Waals surface area (Å²) in [7, 11) is -3.41. The van der Waals surface area contributed by atoms with Gasteiger partial charge in [-0.15, -0.1) is 0 Å². The number of hydrogen-bond acceptors (Lipinski definition) is 3. The van der Waals surface area contributed by atoms with Crippen LogP contribution in [-0.2, 0) is 10.0 Å². The number of nitrogens with one attached hydrogen (secondary N) is 1. The predicted molar refractivity (Wildman–Crippen MR) is 78.6 cm³/mol. The van der Waals surface area contributed by atoms with Crippen LogP contribution in [0.4, 0.5) is 0 Å². The lowest BCUT2D eigenvalue weighted by Crippen LogP contribution is -2.30. The second-order valence-corrected chi connectivity index (χ2v) is 6.93. The minimum Gasteiger partial charge on any atom is -0.327 e. The highest BCUT2D eigenvalue weighted by Crippen LogP contribution is 2.23. The maximum absolute atomic E-state index is 12.0. The largest absolute Gasteiger partial charge is 0.327 e. The molecule has 0 aromatic heterocycles. The van der Waals surface area contributed by atoms with E-state index >= 15 is 0 Å². The van der Waals surface area contributed by atoms with Crippen molar-refractivity contribution >= 4 is 10.0 Å². The summed E-state index contributed by atoms with van der Waals surface area (Å²) in [5.74, 6) is 0.259. The zero-order valence-corrected chi connectivity index (χ0v) is 12.9. The fourth-order valence-electron chi connectivity index (χ4n) is 2.18. The van der Waals surface area contributed by atoms with Crippen molar-refractivity contribution in [3.05, 3.63) is 29.8 Å². The van der Waals surface area contributed by atoms with Crippen LogP contribution in [-0.4, -0.2) is 20.5 Å². The zero-order valence-electron chi connectivity index (χ0n) is 12.1. The third-order valence-electron chi connectivity index (χ3n) is 3.08. The van der Waals surface area contributed by atoms with Gasteiger partial charge in [-0.25, -0.2) is 13.1 Å². The lowest BCUT2D eigenvalue weighted by Gasteiger charge is -2.19. The molecule has 2 unspecified atom stereocenters. The summed E-state index contributed by atoms with van der Waals surface area (Å²) in [5, 5.41) is 0. The maximum atomic E-state index is 12.0. The summed E-state index contributed by atoms with van der Waals surface area (Å²) in [6.07, 6.45) is 0.938. The Hall–Kier alpha value is -0.910. The van der Waals surface area contributed by atoms with Gasteiger partial charge in [-0.2, -0.15) is 0 Å². The molecule has 5 heteroatoms. The standard InChI is InChI=1S/C14H24N2O2S/c1-5-14(11(4)15)12-6-8-13(9-7-12)19(17,18)16-10(2)3/h6-11,14,16H,5,15H2,1-4H3. The second kappa shape index (κ2) is 6.50. The Kier molecular flexibility index (Phi) is 5.52. The summed E-state index contributed by atoms with van der Waals surface area (Å²) < 4.78 is 26.6. The van der Waals surface area contributed by atoms with Crippen LogP contribution < -0.4 is 10.5 Å². The van der Waals surface area contributed by atoms with Crippen LogP contribution in [0, 0.1) is 0 Å². The number of benzene rings is 1. The molecule has 4 nitrogen and oxygen atoms in total. The third kappa shape index (κ3) is 4.30. The molecule has 1 aromatic rings. The first-order chi connectivity index (χ1) is 8.77. The first-order valence-electron chi connectivity index (χ1n) is 6.65. The Morgan fingerprint density at radius 2 is 1.68 bits per heavy atom. The van der Waals surface area contributed by atoms with Crippen molar-refractivity contribution in [2.75, 3.05) is 0 Å². The fourth-order valence-corrected chi connectivity index (χ4v) is 3.43. The summed E-state index contributed by atoms with van der Waals surface area (Å²) in [6, 6.07) is 6.94. The smallest absolute Gasteiger partial charge is 0.240 e. The van der Waals surface area contributed by atoms with Gasteiger partial charge >= 0.3 is 0 Å². The average molecular weight is 284 g/mol. The fraction of sp³-hybridized carbons (Fsp3) is 0.571. The zero-order chi connectivity index (χ0) is 14.6. The Morgan fingerprint density at radius 1 is 1.16 bits per heavy atom. The van der Waals surface area contributed by atoms with Crippen LogP contribution in [0.15, 0.2) is 29.2 Å². The lowest BCUT2D eigenvalue weighted by atomic mass is 9.91. The number of sulfonamides is 1. The molecule has 2 atom stereocenters. The highest BCUT2D eigenvalue weighted by molar-refractivity contribution is 7.89. The van der Waals surface area contributed by atoms with E-state index < -0.39 is 10.0 Å². The van der Waals surface area contributed by atoms with E-state index in [9.17, 15) is 8.42 Å². The van der Waals surface area contributed by atoms with Crippen LogP contribution >= 0.6 is 0 Å². The van der Waals surface area contributed by atoms with E-state index in [0.717, 1.165) is 12.0 Å². The molecule has 0 aliphatic carbocycles. The number of hydrogen-bond donors (Lipinski definition) is 2. The van der Waals surface area contributed by atoms with E-state index in [1.54, 1.807) is 26.0 Å². The van der Waals surface area contributed by atoms with Crippen molar-refractivity contribution < 1.29 is 8.42 Å². The van der Waals surface area contributed by atoms with Gasteiger partial charge in [0.25, 0.3) is 0 Å². The highest BCUT2D eigenvalue weighted by Gasteiger charge is 2.17. The van der Waals surface area contributed by atoms with Gasteiger partial charge in [-0.1, -0.05) is 19.1 Å². The molecule has 108 valence electrons. The van der Waals surface area contributed by atoms with Crippen molar-refractivity contribution in [1.29, 1.82) is 0 Å². The van der Waals surface area contributed by atoms with Gasteiger partial charge in [0.05, 0.1) is 4.90 Å². The Labute approximate surface area is 116 Å². The summed E-state index contributed by atoms with van der Waals surface area (Å²) in [4.78, 5) is 0.296. The quantitative estimate of drug-likeness (QED) is 0.841. The molecule has 3 N–H and O–H groups in total. The summed E-state index contributed by atoms with van der Waals surface area (Å²) in [6.45, 7) is 7.66. The average Bonchev–Trinajstić information content (AvgIpc) is 2.28. The first kappa shape index (κ1) is 16.1. The van der Waals surface area contributed by atoms with Crippen LogP contribution in [0.1, 0.15) is 45.6 Å². The molecule has 0 amide bonds. The van der Waals surface area contributed by atoms with E-state index in [2.05, 4.69) is 11.6 Å². The van der Waals surface area contributed by atoms with Crippen molar-refractivity contribution in [2.45, 2.75) is 57.0 Å². The van der Waals surface area contributed by atoms with Crippen molar-refractivity contribution in [3.63, 3.8) is 0 Å². The molecule has 1 rings (SSSR count). The van der Waals surface area contributed by atoms with Gasteiger partial charge in [-0.3, -0.25) is 0 Å². The van der Waals surface area contributed by atoms with Gasteiger partial charge in [0, 0.05) is 12.1 Å². The van der Waals surface area contributed by atoms with E-state index in [1.165, 1.54) is 0 Å². The molecule has 0 fully saturated rings. The molecular weight excluding hydrogens is 260 g/mol. The van der Waals surface area contributed by atoms with Crippen LogP contribution in [0.3, 0.4) is 0 Å². The topological polar surface area (TPSA) is 72.2 Å². The van der Waals surface area contributed by atoms with Gasteiger partial charge in [-0.05, 0) is 50.8 Å². The summed E-state index contributed by atoms with van der Waals surface area (Å²) in [5.41, 5.74) is 7.02. The second-order valence-electron chi connectivity index (χ2n) is 5.22. The monoisotopic (exact) mass is 284 g/mol. The Balaban J connectivity index is 2.99. The highest BCUT2D eigenvalue weighted by atomic mass is 32.2. The minimum absolute atomic E-state index is 0.0567. The van der Waals surface area contributed by atoms with Gasteiger partial charge in [0.2, 0.25) is 10.0 Å². The lowest BCUT2D eigenvalue weighted by molar-refractivity contribution is 0.552. The third-order valence-corrected chi connectivity index (χ3v) is 4.76.